The summed E-state index contributed by atoms with van der Waals surface area (Å²) in [5.74, 6) is -0.566. The SMILES string of the molecule is O=C(CO)NCc1ccc(C(=O)Nc2ncnc3c2ncn3[C@H]2C[C@@H](OP)[C@@H](COP)O2)cc1. The van der Waals surface area contributed by atoms with Gasteiger partial charge in [0.1, 0.15) is 25.3 Å². The lowest BCUT2D eigenvalue weighted by atomic mass is 10.1. The number of nitrogens with zero attached hydrogens (tertiary/aromatic N) is 4. The molecule has 0 aliphatic carbocycles. The van der Waals surface area contributed by atoms with E-state index in [9.17, 15) is 9.59 Å². The number of amides is 2. The number of rotatable bonds is 9. The van der Waals surface area contributed by atoms with Crippen molar-refractivity contribution >= 4 is 47.7 Å². The highest BCUT2D eigenvalue weighted by Crippen LogP contribution is 2.34. The zero-order valence-electron chi connectivity index (χ0n) is 18.0. The van der Waals surface area contributed by atoms with Crippen molar-refractivity contribution < 1.29 is 28.5 Å². The molecule has 2 unspecified atom stereocenters. The Morgan fingerprint density at radius 1 is 1.21 bits per heavy atom. The molecule has 1 fully saturated rings. The Morgan fingerprint density at radius 2 is 2.00 bits per heavy atom. The second kappa shape index (κ2) is 11.2. The number of fused-ring (bicyclic) bond motifs is 1. The van der Waals surface area contributed by atoms with Crippen LogP contribution in [0.3, 0.4) is 0 Å². The fraction of sp³-hybridized carbons (Fsp3) is 0.350. The number of aromatic nitrogens is 4. The van der Waals surface area contributed by atoms with Gasteiger partial charge in [0.2, 0.25) is 5.91 Å². The molecular formula is C20H24N6O6P2. The fourth-order valence-corrected chi connectivity index (χ4v) is 4.10. The molecule has 1 saturated heterocycles. The molecule has 1 aliphatic rings. The number of carbonyl (C=O) groups is 2. The highest BCUT2D eigenvalue weighted by atomic mass is 31.0. The Kier molecular flexibility index (Phi) is 8.10. The smallest absolute Gasteiger partial charge is 0.256 e. The second-order valence-electron chi connectivity index (χ2n) is 7.50. The van der Waals surface area contributed by atoms with Crippen LogP contribution in [0.15, 0.2) is 36.9 Å². The predicted molar refractivity (Wildman–Crippen MR) is 127 cm³/mol. The van der Waals surface area contributed by atoms with Gasteiger partial charge in [-0.25, -0.2) is 15.0 Å². The van der Waals surface area contributed by atoms with Gasteiger partial charge in [-0.1, -0.05) is 12.1 Å². The zero-order chi connectivity index (χ0) is 24.1. The van der Waals surface area contributed by atoms with Gasteiger partial charge in [-0.2, -0.15) is 0 Å². The predicted octanol–water partition coefficient (Wildman–Crippen LogP) is 0.957. The van der Waals surface area contributed by atoms with Gasteiger partial charge < -0.3 is 29.5 Å². The first-order valence-electron chi connectivity index (χ1n) is 10.3. The minimum absolute atomic E-state index is 0.172. The number of nitrogens with one attached hydrogen (secondary N) is 2. The minimum atomic E-state index is -0.574. The molecule has 1 aliphatic heterocycles. The summed E-state index contributed by atoms with van der Waals surface area (Å²) in [7, 11) is 4.46. The van der Waals surface area contributed by atoms with Crippen LogP contribution in [0.2, 0.25) is 0 Å². The molecule has 0 bridgehead atoms. The van der Waals surface area contributed by atoms with Gasteiger partial charge in [0.15, 0.2) is 17.0 Å². The summed E-state index contributed by atoms with van der Waals surface area (Å²) in [5.41, 5.74) is 2.14. The third-order valence-electron chi connectivity index (χ3n) is 5.37. The van der Waals surface area contributed by atoms with Crippen LogP contribution >= 0.6 is 18.9 Å². The summed E-state index contributed by atoms with van der Waals surface area (Å²) in [6, 6.07) is 6.70. The molecule has 1 aromatic carbocycles. The van der Waals surface area contributed by atoms with E-state index in [1.54, 1.807) is 35.2 Å². The maximum Gasteiger partial charge on any atom is 0.256 e. The second-order valence-corrected chi connectivity index (χ2v) is 8.11. The molecule has 12 nitrogen and oxygen atoms in total. The fourth-order valence-electron chi connectivity index (χ4n) is 3.62. The van der Waals surface area contributed by atoms with Crippen LogP contribution in [0.4, 0.5) is 5.82 Å². The van der Waals surface area contributed by atoms with Gasteiger partial charge >= 0.3 is 0 Å². The van der Waals surface area contributed by atoms with Crippen molar-refractivity contribution in [1.82, 2.24) is 24.8 Å². The third-order valence-corrected chi connectivity index (χ3v) is 5.91. The first-order chi connectivity index (χ1) is 16.5. The summed E-state index contributed by atoms with van der Waals surface area (Å²) >= 11 is 0. The molecule has 2 amide bonds. The lowest BCUT2D eigenvalue weighted by Gasteiger charge is -2.15. The van der Waals surface area contributed by atoms with Crippen molar-refractivity contribution in [1.29, 1.82) is 0 Å². The van der Waals surface area contributed by atoms with E-state index in [0.29, 0.717) is 29.8 Å². The number of ether oxygens (including phenoxy) is 1. The van der Waals surface area contributed by atoms with Gasteiger partial charge in [0.05, 0.1) is 19.0 Å². The molecule has 3 aromatic rings. The van der Waals surface area contributed by atoms with Gasteiger partial charge in [-0.15, -0.1) is 0 Å². The summed E-state index contributed by atoms with van der Waals surface area (Å²) in [6.07, 6.45) is 2.74. The zero-order valence-corrected chi connectivity index (χ0v) is 20.3. The van der Waals surface area contributed by atoms with Crippen molar-refractivity contribution in [2.75, 3.05) is 18.5 Å². The molecule has 3 heterocycles. The molecular weight excluding hydrogens is 482 g/mol. The van der Waals surface area contributed by atoms with Gasteiger partial charge in [0, 0.05) is 37.5 Å². The third kappa shape index (κ3) is 5.38. The Bertz CT molecular complexity index is 1160. The highest BCUT2D eigenvalue weighted by molar-refractivity contribution is 7.10. The number of imidazole rings is 1. The van der Waals surface area contributed by atoms with Crippen LogP contribution in [-0.4, -0.2) is 61.9 Å². The van der Waals surface area contributed by atoms with Crippen LogP contribution in [0.5, 0.6) is 0 Å². The molecule has 2 aromatic heterocycles. The number of aliphatic hydroxyl groups excluding tert-OH is 1. The molecule has 14 heteroatoms. The molecule has 5 atom stereocenters. The van der Waals surface area contributed by atoms with Crippen molar-refractivity contribution in [2.45, 2.75) is 31.4 Å². The highest BCUT2D eigenvalue weighted by Gasteiger charge is 2.37. The van der Waals surface area contributed by atoms with Gasteiger partial charge in [-0.05, 0) is 17.7 Å². The van der Waals surface area contributed by atoms with E-state index in [2.05, 4.69) is 44.5 Å². The standard InChI is InChI=1S/C20H24N6O6P2/c27-7-15(28)21-6-11-1-3-12(4-2-11)20(29)25-18-17-19(23-9-22-18)26(10-24-17)16-5-13(32-34)14(31-16)8-30-33/h1-4,9-10,13-14,16,27H,5-8,33-34H2,(H,21,28)(H,22,23,25,29)/t13-,14-,16-/m1/s1. The molecule has 180 valence electrons. The first-order valence-corrected chi connectivity index (χ1v) is 11.3. The molecule has 0 radical (unpaired) electrons. The Labute approximate surface area is 199 Å². The van der Waals surface area contributed by atoms with E-state index < -0.39 is 12.5 Å². The molecule has 34 heavy (non-hydrogen) atoms. The molecule has 0 spiro atoms. The first kappa shape index (κ1) is 24.5. The number of hydrogen-bond acceptors (Lipinski definition) is 9. The molecule has 3 N–H and O–H groups in total. The maximum atomic E-state index is 12.8. The van der Waals surface area contributed by atoms with E-state index in [1.165, 1.54) is 6.33 Å². The van der Waals surface area contributed by atoms with Crippen molar-refractivity contribution in [2.24, 2.45) is 0 Å². The molecule has 0 saturated carbocycles. The van der Waals surface area contributed by atoms with E-state index in [0.717, 1.165) is 5.56 Å². The van der Waals surface area contributed by atoms with Crippen LogP contribution < -0.4 is 10.6 Å². The van der Waals surface area contributed by atoms with Gasteiger partial charge in [0.25, 0.3) is 5.91 Å². The largest absolute Gasteiger partial charge is 0.387 e. The van der Waals surface area contributed by atoms with Gasteiger partial charge in [-0.3, -0.25) is 14.2 Å². The summed E-state index contributed by atoms with van der Waals surface area (Å²) in [6.45, 7) is 0.0341. The maximum absolute atomic E-state index is 12.8. The lowest BCUT2D eigenvalue weighted by molar-refractivity contribution is -0.123. The number of hydrogen-bond donors (Lipinski definition) is 3. The minimum Gasteiger partial charge on any atom is -0.387 e. The van der Waals surface area contributed by atoms with Crippen LogP contribution in [0.25, 0.3) is 11.2 Å². The quantitative estimate of drug-likeness (QED) is 0.361. The van der Waals surface area contributed by atoms with E-state index in [1.807, 2.05) is 0 Å². The Morgan fingerprint density at radius 3 is 2.71 bits per heavy atom. The summed E-state index contributed by atoms with van der Waals surface area (Å²) in [5, 5.41) is 14.1. The van der Waals surface area contributed by atoms with Crippen molar-refractivity contribution in [3.05, 3.63) is 48.0 Å². The Hall–Kier alpha value is -2.59. The molecule has 4 rings (SSSR count). The van der Waals surface area contributed by atoms with Crippen LogP contribution in [-0.2, 0) is 25.1 Å². The average Bonchev–Trinajstić information content (AvgIpc) is 3.47. The Balaban J connectivity index is 1.48. The number of benzene rings is 1. The monoisotopic (exact) mass is 506 g/mol. The van der Waals surface area contributed by atoms with E-state index in [4.69, 9.17) is 18.9 Å². The number of aliphatic hydroxyl groups is 1. The van der Waals surface area contributed by atoms with E-state index >= 15 is 0 Å². The average molecular weight is 506 g/mol. The van der Waals surface area contributed by atoms with E-state index in [-0.39, 0.29) is 36.7 Å². The number of carbonyl (C=O) groups excluding carboxylic acids is 2. The van der Waals surface area contributed by atoms with Crippen molar-refractivity contribution in [3.63, 3.8) is 0 Å². The normalized spacial score (nSPS) is 19.9. The number of anilines is 1. The van der Waals surface area contributed by atoms with Crippen molar-refractivity contribution in [3.8, 4) is 0 Å². The topological polar surface area (TPSA) is 150 Å². The van der Waals surface area contributed by atoms with Crippen LogP contribution in [0.1, 0.15) is 28.6 Å². The lowest BCUT2D eigenvalue weighted by Crippen LogP contribution is -2.25. The summed E-state index contributed by atoms with van der Waals surface area (Å²) in [4.78, 5) is 36.8. The summed E-state index contributed by atoms with van der Waals surface area (Å²) < 4.78 is 18.4. The van der Waals surface area contributed by atoms with Crippen LogP contribution in [0, 0.1) is 0 Å².